The number of ether oxygens (including phenoxy) is 1. The Kier molecular flexibility index (Phi) is 9.79. The second-order valence-corrected chi connectivity index (χ2v) is 11.4. The summed E-state index contributed by atoms with van der Waals surface area (Å²) in [6.45, 7) is 4.05. The maximum atomic E-state index is 13.9. The highest BCUT2D eigenvalue weighted by atomic mass is 32.2. The lowest BCUT2D eigenvalue weighted by molar-refractivity contribution is -0.137. The van der Waals surface area contributed by atoms with Crippen LogP contribution < -0.4 is 15.0 Å². The summed E-state index contributed by atoms with van der Waals surface area (Å²) in [5.41, 5.74) is 4.25. The monoisotopic (exact) mass is 575 g/mol. The van der Waals surface area contributed by atoms with Crippen LogP contribution in [-0.4, -0.2) is 53.6 Å². The lowest BCUT2D eigenvalue weighted by Crippen LogP contribution is -2.41. The van der Waals surface area contributed by atoms with Gasteiger partial charge in [0.25, 0.3) is 5.91 Å². The Morgan fingerprint density at radius 2 is 1.68 bits per heavy atom. The van der Waals surface area contributed by atoms with Crippen LogP contribution in [0.2, 0.25) is 0 Å². The maximum absolute atomic E-state index is 13.9. The quantitative estimate of drug-likeness (QED) is 0.181. The zero-order valence-electron chi connectivity index (χ0n) is 23.2. The lowest BCUT2D eigenvalue weighted by atomic mass is 10.1. The Labute approximate surface area is 243 Å². The number of hydrogen-bond donors (Lipinski definition) is 1. The van der Waals surface area contributed by atoms with Crippen LogP contribution in [0.25, 0.3) is 0 Å². The smallest absolute Gasteiger partial charge is 0.252 e. The van der Waals surface area contributed by atoms with Crippen molar-refractivity contribution in [1.82, 2.24) is 14.9 Å². The van der Waals surface area contributed by atoms with Crippen molar-refractivity contribution in [2.75, 3.05) is 37.2 Å². The van der Waals surface area contributed by atoms with Crippen LogP contribution in [0.3, 0.4) is 0 Å². The number of methoxy groups -OCH3 is 1. The molecule has 0 radical (unpaired) electrons. The first-order valence-electron chi connectivity index (χ1n) is 12.7. The third kappa shape index (κ3) is 7.61. The van der Waals surface area contributed by atoms with Crippen molar-refractivity contribution in [3.8, 4) is 5.75 Å². The molecular weight excluding hydrogens is 542 g/mol. The van der Waals surface area contributed by atoms with Crippen molar-refractivity contribution in [2.24, 2.45) is 0 Å². The Balaban J connectivity index is 1.64. The fourth-order valence-electron chi connectivity index (χ4n) is 4.14. The van der Waals surface area contributed by atoms with Crippen LogP contribution in [0.15, 0.2) is 77.3 Å². The minimum absolute atomic E-state index is 0.0890. The molecule has 1 N–H and O–H groups in total. The third-order valence-corrected chi connectivity index (χ3v) is 7.90. The molecule has 2 aromatic carbocycles. The number of carbonyl (C=O) groups is 2. The highest BCUT2D eigenvalue weighted by molar-refractivity contribution is 7.99. The van der Waals surface area contributed by atoms with E-state index in [1.807, 2.05) is 105 Å². The van der Waals surface area contributed by atoms with Crippen molar-refractivity contribution in [3.05, 3.63) is 93.9 Å². The van der Waals surface area contributed by atoms with Crippen LogP contribution in [0, 0.1) is 13.8 Å². The molecule has 0 aliphatic heterocycles. The maximum Gasteiger partial charge on any atom is 0.252 e. The number of nitrogens with one attached hydrogen (secondary N) is 1. The Bertz CT molecular complexity index is 1400. The molecule has 2 heterocycles. The predicted octanol–water partition coefficient (Wildman–Crippen LogP) is 5.73. The summed E-state index contributed by atoms with van der Waals surface area (Å²) in [5, 5.41) is 5.48. The van der Waals surface area contributed by atoms with Crippen LogP contribution >= 0.6 is 23.1 Å². The number of anilines is 2. The van der Waals surface area contributed by atoms with Gasteiger partial charge in [0.05, 0.1) is 12.9 Å². The van der Waals surface area contributed by atoms with Gasteiger partial charge in [-0.05, 0) is 73.3 Å². The molecule has 1 unspecified atom stereocenters. The van der Waals surface area contributed by atoms with Crippen molar-refractivity contribution >= 4 is 46.3 Å². The Hall–Kier alpha value is -3.89. The second-order valence-electron chi connectivity index (χ2n) is 9.44. The van der Waals surface area contributed by atoms with Gasteiger partial charge in [0, 0.05) is 48.3 Å². The minimum Gasteiger partial charge on any atom is -0.497 e. The molecule has 0 aliphatic rings. The molecule has 0 bridgehead atoms. The van der Waals surface area contributed by atoms with Crippen LogP contribution in [0.4, 0.5) is 11.4 Å². The van der Waals surface area contributed by atoms with E-state index in [-0.39, 0.29) is 24.1 Å². The number of aromatic nitrogens is 2. The largest absolute Gasteiger partial charge is 0.497 e. The van der Waals surface area contributed by atoms with E-state index in [2.05, 4.69) is 15.3 Å². The first kappa shape index (κ1) is 29.1. The number of rotatable bonds is 11. The van der Waals surface area contributed by atoms with E-state index in [0.717, 1.165) is 33.3 Å². The molecule has 0 spiro atoms. The van der Waals surface area contributed by atoms with Crippen LogP contribution in [-0.2, 0) is 16.1 Å². The molecule has 1 atom stereocenters. The van der Waals surface area contributed by atoms with E-state index in [1.165, 1.54) is 23.1 Å². The summed E-state index contributed by atoms with van der Waals surface area (Å²) in [5.74, 6) is 0.332. The summed E-state index contributed by atoms with van der Waals surface area (Å²) in [4.78, 5) is 41.1. The van der Waals surface area contributed by atoms with Crippen molar-refractivity contribution in [1.29, 1.82) is 0 Å². The molecule has 2 amide bonds. The van der Waals surface area contributed by atoms with E-state index < -0.39 is 6.04 Å². The zero-order chi connectivity index (χ0) is 28.6. The van der Waals surface area contributed by atoms with Gasteiger partial charge in [-0.25, -0.2) is 9.97 Å². The molecule has 0 saturated heterocycles. The third-order valence-electron chi connectivity index (χ3n) is 6.14. The van der Waals surface area contributed by atoms with Gasteiger partial charge in [-0.3, -0.25) is 9.59 Å². The number of carbonyl (C=O) groups excluding carboxylic acids is 2. The molecule has 4 rings (SSSR count). The SMILES string of the molecule is COc1ccc(CN(C(=O)CSc2nc(C)cc(C)n2)C(C(=O)Nc2ccc(N(C)C)cc2)c2cccs2)cc1. The predicted molar refractivity (Wildman–Crippen MR) is 162 cm³/mol. The van der Waals surface area contributed by atoms with E-state index >= 15 is 0 Å². The van der Waals surface area contributed by atoms with Gasteiger partial charge in [-0.1, -0.05) is 30.0 Å². The van der Waals surface area contributed by atoms with Crippen molar-refractivity contribution < 1.29 is 14.3 Å². The average Bonchev–Trinajstić information content (AvgIpc) is 3.46. The minimum atomic E-state index is -0.830. The number of thiophene rings is 1. The van der Waals surface area contributed by atoms with Gasteiger partial charge in [0.15, 0.2) is 5.16 Å². The molecule has 0 fully saturated rings. The van der Waals surface area contributed by atoms with Crippen LogP contribution in [0.1, 0.15) is 27.9 Å². The first-order valence-corrected chi connectivity index (χ1v) is 14.6. The zero-order valence-corrected chi connectivity index (χ0v) is 24.9. The number of amides is 2. The van der Waals surface area contributed by atoms with E-state index in [1.54, 1.807) is 12.0 Å². The van der Waals surface area contributed by atoms with Gasteiger partial charge in [-0.2, -0.15) is 0 Å². The normalized spacial score (nSPS) is 11.5. The fourth-order valence-corrected chi connectivity index (χ4v) is 5.81. The Morgan fingerprint density at radius 1 is 1.00 bits per heavy atom. The van der Waals surface area contributed by atoms with Crippen LogP contribution in [0.5, 0.6) is 5.75 Å². The molecule has 0 saturated carbocycles. The number of hydrogen-bond acceptors (Lipinski definition) is 8. The standard InChI is InChI=1S/C30H33N5O3S2/c1-20-17-21(2)32-30(31-20)40-19-27(36)35(18-22-8-14-25(38-5)15-9-22)28(26-7-6-16-39-26)29(37)33-23-10-12-24(13-11-23)34(3)4/h6-17,28H,18-19H2,1-5H3,(H,33,37). The topological polar surface area (TPSA) is 87.7 Å². The molecule has 2 aromatic heterocycles. The number of thioether (sulfide) groups is 1. The van der Waals surface area contributed by atoms with Gasteiger partial charge in [-0.15, -0.1) is 11.3 Å². The molecule has 8 nitrogen and oxygen atoms in total. The van der Waals surface area contributed by atoms with Crippen molar-refractivity contribution in [3.63, 3.8) is 0 Å². The van der Waals surface area contributed by atoms with Gasteiger partial charge >= 0.3 is 0 Å². The molecule has 10 heteroatoms. The first-order chi connectivity index (χ1) is 19.2. The molecule has 0 aliphatic carbocycles. The van der Waals surface area contributed by atoms with Gasteiger partial charge < -0.3 is 19.9 Å². The van der Waals surface area contributed by atoms with Crippen molar-refractivity contribution in [2.45, 2.75) is 31.6 Å². The van der Waals surface area contributed by atoms with Gasteiger partial charge in [0.1, 0.15) is 11.8 Å². The number of aryl methyl sites for hydroxylation is 2. The second kappa shape index (κ2) is 13.5. The molecule has 40 heavy (non-hydrogen) atoms. The lowest BCUT2D eigenvalue weighted by Gasteiger charge is -2.30. The average molecular weight is 576 g/mol. The highest BCUT2D eigenvalue weighted by Crippen LogP contribution is 2.30. The molecule has 208 valence electrons. The highest BCUT2D eigenvalue weighted by Gasteiger charge is 2.32. The molecule has 4 aromatic rings. The summed E-state index contributed by atoms with van der Waals surface area (Å²) in [6, 6.07) is 20.0. The number of nitrogens with zero attached hydrogens (tertiary/aromatic N) is 4. The summed E-state index contributed by atoms with van der Waals surface area (Å²) >= 11 is 2.71. The Morgan fingerprint density at radius 3 is 2.25 bits per heavy atom. The summed E-state index contributed by atoms with van der Waals surface area (Å²) < 4.78 is 5.30. The molecular formula is C30H33N5O3S2. The van der Waals surface area contributed by atoms with E-state index in [4.69, 9.17) is 4.74 Å². The van der Waals surface area contributed by atoms with E-state index in [0.29, 0.717) is 10.8 Å². The fraction of sp³-hybridized carbons (Fsp3) is 0.267. The van der Waals surface area contributed by atoms with E-state index in [9.17, 15) is 9.59 Å². The van der Waals surface area contributed by atoms with Gasteiger partial charge in [0.2, 0.25) is 5.91 Å². The summed E-state index contributed by atoms with van der Waals surface area (Å²) in [6.07, 6.45) is 0. The number of benzene rings is 2. The summed E-state index contributed by atoms with van der Waals surface area (Å²) in [7, 11) is 5.54.